The van der Waals surface area contributed by atoms with E-state index in [1.165, 1.54) is 0 Å². The van der Waals surface area contributed by atoms with Crippen LogP contribution in [0.1, 0.15) is 18.6 Å². The smallest absolute Gasteiger partial charge is 0.319 e. The van der Waals surface area contributed by atoms with Gasteiger partial charge in [-0.25, -0.2) is 4.79 Å². The van der Waals surface area contributed by atoms with Gasteiger partial charge < -0.3 is 19.0 Å². The first kappa shape index (κ1) is 16.3. The quantitative estimate of drug-likeness (QED) is 0.853. The van der Waals surface area contributed by atoms with Gasteiger partial charge in [-0.1, -0.05) is 0 Å². The average Bonchev–Trinajstić information content (AvgIpc) is 3.05. The van der Waals surface area contributed by atoms with Crippen molar-refractivity contribution in [3.63, 3.8) is 0 Å². The Balaban J connectivity index is 1.75. The van der Waals surface area contributed by atoms with Crippen molar-refractivity contribution in [2.24, 2.45) is 5.92 Å². The molecule has 0 saturated carbocycles. The number of nitrogens with zero attached hydrogens (tertiary/aromatic N) is 3. The first-order valence-corrected chi connectivity index (χ1v) is 8.36. The number of amides is 2. The van der Waals surface area contributed by atoms with E-state index in [-0.39, 0.29) is 18.2 Å². The lowest BCUT2D eigenvalue weighted by Crippen LogP contribution is -2.62. The Morgan fingerprint density at radius 2 is 2.17 bits per heavy atom. The number of likely N-dealkylation sites (tertiary alicyclic amines) is 1. The zero-order valence-electron chi connectivity index (χ0n) is 14.3. The molecule has 3 rings (SSSR count). The molecule has 1 aromatic rings. The van der Waals surface area contributed by atoms with Crippen molar-refractivity contribution < 1.29 is 13.9 Å². The van der Waals surface area contributed by atoms with Gasteiger partial charge in [-0.3, -0.25) is 4.90 Å². The summed E-state index contributed by atoms with van der Waals surface area (Å²) in [5.74, 6) is 1.36. The van der Waals surface area contributed by atoms with Crippen LogP contribution in [-0.2, 0) is 11.3 Å². The summed E-state index contributed by atoms with van der Waals surface area (Å²) in [6.45, 7) is 3.06. The summed E-state index contributed by atoms with van der Waals surface area (Å²) in [5.41, 5.74) is 0. The van der Waals surface area contributed by atoms with E-state index in [2.05, 4.69) is 11.9 Å². The molecule has 0 radical (unpaired) electrons. The second-order valence-electron chi connectivity index (χ2n) is 6.88. The second kappa shape index (κ2) is 6.93. The number of rotatable bonds is 3. The summed E-state index contributed by atoms with van der Waals surface area (Å²) < 4.78 is 11.6. The van der Waals surface area contributed by atoms with Gasteiger partial charge in [0, 0.05) is 39.7 Å². The number of hydrogen-bond acceptors (Lipinski definition) is 4. The molecule has 0 spiro atoms. The van der Waals surface area contributed by atoms with E-state index >= 15 is 0 Å². The van der Waals surface area contributed by atoms with Crippen LogP contribution >= 0.6 is 0 Å². The Hall–Kier alpha value is -1.53. The molecule has 0 unspecified atom stereocenters. The number of hydrogen-bond donors (Lipinski definition) is 0. The molecule has 3 heterocycles. The molecule has 0 N–H and O–H groups in total. The SMILES string of the molecule is CN(C)C(=O)N1C[C@@H]2CCCO[C@@H]2[C@H](N(C)Cc2ccco2)C1. The van der Waals surface area contributed by atoms with Crippen molar-refractivity contribution in [1.29, 1.82) is 0 Å². The largest absolute Gasteiger partial charge is 0.468 e. The summed E-state index contributed by atoms with van der Waals surface area (Å²) in [4.78, 5) is 18.3. The van der Waals surface area contributed by atoms with E-state index in [0.29, 0.717) is 12.5 Å². The molecular formula is C17H27N3O3. The highest BCUT2D eigenvalue weighted by Gasteiger charge is 2.42. The minimum absolute atomic E-state index is 0.0884. The molecule has 0 bridgehead atoms. The van der Waals surface area contributed by atoms with E-state index in [1.807, 2.05) is 31.1 Å². The lowest BCUT2D eigenvalue weighted by atomic mass is 9.85. The van der Waals surface area contributed by atoms with Gasteiger partial charge in [0.15, 0.2) is 0 Å². The number of urea groups is 1. The summed E-state index contributed by atoms with van der Waals surface area (Å²) >= 11 is 0. The monoisotopic (exact) mass is 321 g/mol. The number of fused-ring (bicyclic) bond motifs is 1. The van der Waals surface area contributed by atoms with Gasteiger partial charge in [0.1, 0.15) is 5.76 Å². The Labute approximate surface area is 138 Å². The lowest BCUT2D eigenvalue weighted by molar-refractivity contribution is -0.106. The minimum atomic E-state index is 0.0884. The molecule has 2 aliphatic rings. The summed E-state index contributed by atoms with van der Waals surface area (Å²) in [6.07, 6.45) is 4.12. The number of carbonyl (C=O) groups excluding carboxylic acids is 1. The first-order chi connectivity index (χ1) is 11.1. The topological polar surface area (TPSA) is 49.2 Å². The molecule has 6 nitrogen and oxygen atoms in total. The average molecular weight is 321 g/mol. The third kappa shape index (κ3) is 3.53. The summed E-state index contributed by atoms with van der Waals surface area (Å²) in [5, 5.41) is 0. The van der Waals surface area contributed by atoms with Crippen LogP contribution in [0.4, 0.5) is 4.79 Å². The van der Waals surface area contributed by atoms with E-state index in [1.54, 1.807) is 11.2 Å². The van der Waals surface area contributed by atoms with Gasteiger partial charge in [0.05, 0.1) is 25.0 Å². The normalized spacial score (nSPS) is 27.8. The van der Waals surface area contributed by atoms with Crippen molar-refractivity contribution in [3.05, 3.63) is 24.2 Å². The molecule has 2 saturated heterocycles. The third-order valence-corrected chi connectivity index (χ3v) is 4.94. The van der Waals surface area contributed by atoms with Gasteiger partial charge in [-0.2, -0.15) is 0 Å². The fraction of sp³-hybridized carbons (Fsp3) is 0.706. The van der Waals surface area contributed by atoms with Gasteiger partial charge in [0.2, 0.25) is 0 Å². The summed E-state index contributed by atoms with van der Waals surface area (Å²) in [6, 6.07) is 4.18. The van der Waals surface area contributed by atoms with Crippen molar-refractivity contribution in [1.82, 2.24) is 14.7 Å². The van der Waals surface area contributed by atoms with Crippen molar-refractivity contribution in [2.45, 2.75) is 31.5 Å². The fourth-order valence-electron chi connectivity index (χ4n) is 3.77. The molecular weight excluding hydrogens is 294 g/mol. The number of ether oxygens (including phenoxy) is 1. The fourth-order valence-corrected chi connectivity index (χ4v) is 3.77. The molecule has 2 aliphatic heterocycles. The maximum absolute atomic E-state index is 12.4. The van der Waals surface area contributed by atoms with E-state index in [4.69, 9.17) is 9.15 Å². The number of piperidine rings is 1. The van der Waals surface area contributed by atoms with Crippen LogP contribution in [0.3, 0.4) is 0 Å². The third-order valence-electron chi connectivity index (χ3n) is 4.94. The van der Waals surface area contributed by atoms with E-state index < -0.39 is 0 Å². The molecule has 2 amide bonds. The molecule has 0 aliphatic carbocycles. The predicted molar refractivity (Wildman–Crippen MR) is 87.1 cm³/mol. The van der Waals surface area contributed by atoms with Gasteiger partial charge in [-0.05, 0) is 32.0 Å². The van der Waals surface area contributed by atoms with Crippen LogP contribution in [0.15, 0.2) is 22.8 Å². The first-order valence-electron chi connectivity index (χ1n) is 8.36. The van der Waals surface area contributed by atoms with Crippen molar-refractivity contribution in [3.8, 4) is 0 Å². The van der Waals surface area contributed by atoms with Crippen molar-refractivity contribution >= 4 is 6.03 Å². The van der Waals surface area contributed by atoms with Crippen LogP contribution < -0.4 is 0 Å². The molecule has 128 valence electrons. The highest BCUT2D eigenvalue weighted by molar-refractivity contribution is 5.74. The second-order valence-corrected chi connectivity index (χ2v) is 6.88. The van der Waals surface area contributed by atoms with Gasteiger partial charge >= 0.3 is 6.03 Å². The van der Waals surface area contributed by atoms with Gasteiger partial charge in [0.25, 0.3) is 0 Å². The molecule has 6 heteroatoms. The molecule has 2 fully saturated rings. The van der Waals surface area contributed by atoms with Crippen LogP contribution in [-0.4, -0.2) is 73.7 Å². The minimum Gasteiger partial charge on any atom is -0.468 e. The Bertz CT molecular complexity index is 517. The maximum atomic E-state index is 12.4. The lowest BCUT2D eigenvalue weighted by Gasteiger charge is -2.48. The number of carbonyl (C=O) groups is 1. The van der Waals surface area contributed by atoms with Crippen LogP contribution in [0.5, 0.6) is 0 Å². The van der Waals surface area contributed by atoms with Crippen molar-refractivity contribution in [2.75, 3.05) is 40.8 Å². The number of furan rings is 1. The van der Waals surface area contributed by atoms with E-state index in [0.717, 1.165) is 38.3 Å². The van der Waals surface area contributed by atoms with Crippen LogP contribution in [0.2, 0.25) is 0 Å². The highest BCUT2D eigenvalue weighted by Crippen LogP contribution is 2.31. The Kier molecular flexibility index (Phi) is 4.92. The maximum Gasteiger partial charge on any atom is 0.319 e. The molecule has 3 atom stereocenters. The Morgan fingerprint density at radius 3 is 2.87 bits per heavy atom. The summed E-state index contributed by atoms with van der Waals surface area (Å²) in [7, 11) is 5.71. The zero-order chi connectivity index (χ0) is 16.4. The molecule has 1 aromatic heterocycles. The molecule has 0 aromatic carbocycles. The number of likely N-dealkylation sites (N-methyl/N-ethyl adjacent to an activating group) is 1. The predicted octanol–water partition coefficient (Wildman–Crippen LogP) is 1.87. The highest BCUT2D eigenvalue weighted by atomic mass is 16.5. The molecule has 23 heavy (non-hydrogen) atoms. The van der Waals surface area contributed by atoms with Gasteiger partial charge in [-0.15, -0.1) is 0 Å². The van der Waals surface area contributed by atoms with Crippen LogP contribution in [0.25, 0.3) is 0 Å². The zero-order valence-corrected chi connectivity index (χ0v) is 14.3. The Morgan fingerprint density at radius 1 is 1.35 bits per heavy atom. The van der Waals surface area contributed by atoms with Crippen LogP contribution in [0, 0.1) is 5.92 Å². The standard InChI is InChI=1S/C17H27N3O3/c1-18(2)17(21)20-10-13-6-4-9-23-16(13)15(12-20)19(3)11-14-7-5-8-22-14/h5,7-8,13,15-16H,4,6,9-12H2,1-3H3/t13-,15+,16-/m0/s1. The van der Waals surface area contributed by atoms with E-state index in [9.17, 15) is 4.79 Å².